The van der Waals surface area contributed by atoms with Crippen LogP contribution in [0.25, 0.3) is 10.9 Å². The van der Waals surface area contributed by atoms with Crippen molar-refractivity contribution in [2.45, 2.75) is 45.7 Å². The molecule has 1 saturated carbocycles. The zero-order valence-electron chi connectivity index (χ0n) is 18.1. The Kier molecular flexibility index (Phi) is 8.15. The summed E-state index contributed by atoms with van der Waals surface area (Å²) < 4.78 is 0. The Balaban J connectivity index is 0.00000289. The normalized spacial score (nSPS) is 18.2. The third kappa shape index (κ3) is 5.81. The van der Waals surface area contributed by atoms with E-state index in [0.29, 0.717) is 22.9 Å². The Morgan fingerprint density at radius 1 is 1.06 bits per heavy atom. The fourth-order valence-corrected chi connectivity index (χ4v) is 4.49. The lowest BCUT2D eigenvalue weighted by atomic mass is 9.86. The number of phenolic OH excluding ortho intramolecular Hbond substituents is 1. The van der Waals surface area contributed by atoms with Crippen LogP contribution >= 0.6 is 11.6 Å². The highest BCUT2D eigenvalue weighted by atomic mass is 35.5. The van der Waals surface area contributed by atoms with E-state index in [2.05, 4.69) is 16.7 Å². The van der Waals surface area contributed by atoms with Crippen LogP contribution in [0.4, 0.5) is 11.8 Å². The van der Waals surface area contributed by atoms with Gasteiger partial charge in [0.2, 0.25) is 5.95 Å². The largest absolute Gasteiger partial charge is 0.508 e. The number of para-hydroxylation sites is 1. The maximum absolute atomic E-state index is 9.47. The van der Waals surface area contributed by atoms with Crippen molar-refractivity contribution in [3.63, 3.8) is 0 Å². The Morgan fingerprint density at radius 2 is 1.81 bits per heavy atom. The average molecular weight is 456 g/mol. The van der Waals surface area contributed by atoms with Crippen molar-refractivity contribution in [1.82, 2.24) is 15.3 Å². The minimum absolute atomic E-state index is 0. The molecule has 0 radical (unpaired) electrons. The molecule has 4 rings (SSSR count). The summed E-state index contributed by atoms with van der Waals surface area (Å²) in [5.74, 6) is 2.52. The van der Waals surface area contributed by atoms with E-state index in [1.165, 1.54) is 12.8 Å². The number of rotatable bonds is 7. The van der Waals surface area contributed by atoms with Gasteiger partial charge in [0.15, 0.2) is 0 Å². The van der Waals surface area contributed by atoms with E-state index in [0.717, 1.165) is 48.2 Å². The lowest BCUT2D eigenvalue weighted by Crippen LogP contribution is -2.31. The number of halogens is 1. The quantitative estimate of drug-likeness (QED) is 0.439. The molecule has 3 N–H and O–H groups in total. The molecule has 0 atom stereocenters. The summed E-state index contributed by atoms with van der Waals surface area (Å²) >= 11 is 6.19. The van der Waals surface area contributed by atoms with Crippen LogP contribution in [-0.2, 0) is 6.54 Å². The topological polar surface area (TPSA) is 73.3 Å². The van der Waals surface area contributed by atoms with E-state index in [1.54, 1.807) is 12.1 Å². The molecule has 0 amide bonds. The molecule has 0 unspecified atom stereocenters. The number of anilines is 2. The summed E-state index contributed by atoms with van der Waals surface area (Å²) in [5, 5.41) is 18.2. The molecule has 3 aromatic rings. The molecule has 32 heavy (non-hydrogen) atoms. The highest BCUT2D eigenvalue weighted by Gasteiger charge is 2.22. The number of hydrogen-bond donors (Lipinski definition) is 3. The van der Waals surface area contributed by atoms with Gasteiger partial charge >= 0.3 is 0 Å². The fraction of sp³-hybridized carbons (Fsp3) is 0.440. The molecular formula is C25H34ClN5O. The molecule has 1 aromatic heterocycles. The highest BCUT2D eigenvalue weighted by Crippen LogP contribution is 2.28. The van der Waals surface area contributed by atoms with Gasteiger partial charge in [-0.15, -0.1) is 0 Å². The lowest BCUT2D eigenvalue weighted by Gasteiger charge is -2.29. The average Bonchev–Trinajstić information content (AvgIpc) is 2.76. The van der Waals surface area contributed by atoms with E-state index in [9.17, 15) is 5.11 Å². The summed E-state index contributed by atoms with van der Waals surface area (Å²) in [6, 6.07) is 13.7. The van der Waals surface area contributed by atoms with Crippen molar-refractivity contribution < 1.29 is 5.11 Å². The fourth-order valence-electron chi connectivity index (χ4n) is 4.25. The van der Waals surface area contributed by atoms with E-state index >= 15 is 0 Å². The number of hydrogen-bond acceptors (Lipinski definition) is 6. The molecule has 1 fully saturated rings. The summed E-state index contributed by atoms with van der Waals surface area (Å²) in [6.07, 6.45) is 4.56. The van der Waals surface area contributed by atoms with Gasteiger partial charge in [0.05, 0.1) is 5.52 Å². The first-order chi connectivity index (χ1) is 15.0. The van der Waals surface area contributed by atoms with Crippen LogP contribution in [0, 0.1) is 5.92 Å². The van der Waals surface area contributed by atoms with Crippen molar-refractivity contribution in [1.29, 1.82) is 0 Å². The molecular weight excluding hydrogens is 422 g/mol. The zero-order chi connectivity index (χ0) is 21.8. The number of aromatic hydroxyl groups is 1. The van der Waals surface area contributed by atoms with Crippen LogP contribution in [0.2, 0.25) is 5.02 Å². The number of fused-ring (bicyclic) bond motifs is 1. The summed E-state index contributed by atoms with van der Waals surface area (Å²) in [4.78, 5) is 11.5. The monoisotopic (exact) mass is 455 g/mol. The van der Waals surface area contributed by atoms with E-state index in [1.807, 2.05) is 43.3 Å². The van der Waals surface area contributed by atoms with Crippen molar-refractivity contribution >= 4 is 34.3 Å². The van der Waals surface area contributed by atoms with Crippen molar-refractivity contribution in [2.75, 3.05) is 30.9 Å². The minimum Gasteiger partial charge on any atom is -0.508 e. The first-order valence-electron chi connectivity index (χ1n) is 10.9. The minimum atomic E-state index is 0. The predicted octanol–water partition coefficient (Wildman–Crippen LogP) is 5.45. The van der Waals surface area contributed by atoms with Crippen LogP contribution in [-0.4, -0.2) is 41.8 Å². The van der Waals surface area contributed by atoms with Gasteiger partial charge in [0.25, 0.3) is 0 Å². The number of phenols is 1. The second-order valence-corrected chi connectivity index (χ2v) is 8.96. The SMILES string of the molecule is C.CN(C)c1nc(NC2CCC(CNCc3ccc(O)cc3Cl)CC2)nc2ccccc12. The number of nitrogens with zero attached hydrogens (tertiary/aromatic N) is 3. The van der Waals surface area contributed by atoms with Crippen LogP contribution in [0.3, 0.4) is 0 Å². The van der Waals surface area contributed by atoms with Gasteiger partial charge in [-0.25, -0.2) is 4.98 Å². The van der Waals surface area contributed by atoms with Gasteiger partial charge in [-0.05, 0) is 68.0 Å². The van der Waals surface area contributed by atoms with Crippen molar-refractivity contribution in [2.24, 2.45) is 5.92 Å². The molecule has 172 valence electrons. The Morgan fingerprint density at radius 3 is 2.53 bits per heavy atom. The van der Waals surface area contributed by atoms with Crippen LogP contribution < -0.4 is 15.5 Å². The zero-order valence-corrected chi connectivity index (χ0v) is 18.9. The predicted molar refractivity (Wildman–Crippen MR) is 135 cm³/mol. The van der Waals surface area contributed by atoms with E-state index in [4.69, 9.17) is 21.6 Å². The number of aromatic nitrogens is 2. The number of nitrogens with one attached hydrogen (secondary N) is 2. The highest BCUT2D eigenvalue weighted by molar-refractivity contribution is 6.31. The maximum Gasteiger partial charge on any atom is 0.225 e. The first-order valence-corrected chi connectivity index (χ1v) is 11.3. The van der Waals surface area contributed by atoms with Crippen molar-refractivity contribution in [3.05, 3.63) is 53.1 Å². The molecule has 0 spiro atoms. The molecule has 0 bridgehead atoms. The van der Waals surface area contributed by atoms with E-state index < -0.39 is 0 Å². The lowest BCUT2D eigenvalue weighted by molar-refractivity contribution is 0.324. The second kappa shape index (κ2) is 10.8. The molecule has 6 nitrogen and oxygen atoms in total. The first kappa shape index (κ1) is 24.1. The van der Waals surface area contributed by atoms with Gasteiger partial charge < -0.3 is 20.6 Å². The summed E-state index contributed by atoms with van der Waals surface area (Å²) in [7, 11) is 4.03. The molecule has 1 aliphatic rings. The molecule has 0 saturated heterocycles. The maximum atomic E-state index is 9.47. The second-order valence-electron chi connectivity index (χ2n) is 8.55. The summed E-state index contributed by atoms with van der Waals surface area (Å²) in [6.45, 7) is 1.69. The van der Waals surface area contributed by atoms with Gasteiger partial charge in [0.1, 0.15) is 11.6 Å². The molecule has 2 aromatic carbocycles. The third-order valence-electron chi connectivity index (χ3n) is 5.97. The Labute approximate surface area is 196 Å². The molecule has 1 heterocycles. The van der Waals surface area contributed by atoms with Gasteiger partial charge in [-0.2, -0.15) is 4.98 Å². The Bertz CT molecular complexity index is 1030. The van der Waals surface area contributed by atoms with Crippen LogP contribution in [0.15, 0.2) is 42.5 Å². The van der Waals surface area contributed by atoms with Gasteiger partial charge in [-0.3, -0.25) is 0 Å². The third-order valence-corrected chi connectivity index (χ3v) is 6.32. The summed E-state index contributed by atoms with van der Waals surface area (Å²) in [5.41, 5.74) is 1.98. The molecule has 7 heteroatoms. The van der Waals surface area contributed by atoms with Gasteiger partial charge in [0, 0.05) is 37.1 Å². The standard InChI is InChI=1S/C24H30ClN5O.CH4/c1-30(2)23-20-5-3-4-6-22(20)28-24(29-23)27-18-10-7-16(8-11-18)14-26-15-17-9-12-19(31)13-21(17)25;/h3-6,9,12-13,16,18,26,31H,7-8,10-11,14-15H2,1-2H3,(H,27,28,29);1H4. The van der Waals surface area contributed by atoms with Gasteiger partial charge in [-0.1, -0.05) is 37.2 Å². The number of benzene rings is 2. The van der Waals surface area contributed by atoms with Crippen LogP contribution in [0.5, 0.6) is 5.75 Å². The van der Waals surface area contributed by atoms with E-state index in [-0.39, 0.29) is 13.2 Å². The smallest absolute Gasteiger partial charge is 0.225 e. The van der Waals surface area contributed by atoms with Crippen molar-refractivity contribution in [3.8, 4) is 5.75 Å². The Hall–Kier alpha value is -2.57. The van der Waals surface area contributed by atoms with Crippen LogP contribution in [0.1, 0.15) is 38.7 Å². The molecule has 0 aliphatic heterocycles. The molecule has 1 aliphatic carbocycles.